The molecule has 1 atom stereocenters. The highest BCUT2D eigenvalue weighted by Crippen LogP contribution is 2.26. The van der Waals surface area contributed by atoms with Gasteiger partial charge in [-0.25, -0.2) is 9.78 Å². The van der Waals surface area contributed by atoms with Crippen LogP contribution in [0, 0.1) is 0 Å². The van der Waals surface area contributed by atoms with Crippen LogP contribution in [-0.4, -0.2) is 29.1 Å². The number of aromatic nitrogens is 1. The lowest BCUT2D eigenvalue weighted by Gasteiger charge is -2.04. The van der Waals surface area contributed by atoms with Crippen molar-refractivity contribution in [2.24, 2.45) is 0 Å². The SMILES string of the molecule is O=C(O)c1scnc1C1CCNC1. The fourth-order valence-electron chi connectivity index (χ4n) is 1.59. The van der Waals surface area contributed by atoms with Crippen LogP contribution in [0.3, 0.4) is 0 Å². The van der Waals surface area contributed by atoms with E-state index >= 15 is 0 Å². The number of hydrogen-bond donors (Lipinski definition) is 2. The van der Waals surface area contributed by atoms with Gasteiger partial charge in [0.2, 0.25) is 0 Å². The van der Waals surface area contributed by atoms with Crippen LogP contribution < -0.4 is 5.32 Å². The van der Waals surface area contributed by atoms with Gasteiger partial charge in [0.05, 0.1) is 11.2 Å². The molecule has 0 saturated carbocycles. The normalized spacial score (nSPS) is 22.0. The topological polar surface area (TPSA) is 62.2 Å². The van der Waals surface area contributed by atoms with Crippen molar-refractivity contribution in [3.8, 4) is 0 Å². The van der Waals surface area contributed by atoms with Crippen LogP contribution in [0.1, 0.15) is 27.7 Å². The molecule has 5 heteroatoms. The van der Waals surface area contributed by atoms with Crippen LogP contribution in [-0.2, 0) is 0 Å². The summed E-state index contributed by atoms with van der Waals surface area (Å²) in [6, 6.07) is 0. The summed E-state index contributed by atoms with van der Waals surface area (Å²) in [5.74, 6) is -0.568. The molecule has 1 fully saturated rings. The lowest BCUT2D eigenvalue weighted by Crippen LogP contribution is -2.10. The van der Waals surface area contributed by atoms with E-state index in [-0.39, 0.29) is 5.92 Å². The third-order valence-corrected chi connectivity index (χ3v) is 3.07. The number of nitrogens with zero attached hydrogens (tertiary/aromatic N) is 1. The summed E-state index contributed by atoms with van der Waals surface area (Å²) in [5.41, 5.74) is 2.36. The number of rotatable bonds is 2. The van der Waals surface area contributed by atoms with Gasteiger partial charge in [-0.1, -0.05) is 0 Å². The highest BCUT2D eigenvalue weighted by molar-refractivity contribution is 7.11. The van der Waals surface area contributed by atoms with Crippen LogP contribution in [0.4, 0.5) is 0 Å². The molecule has 70 valence electrons. The predicted octanol–water partition coefficient (Wildman–Crippen LogP) is 0.918. The molecule has 0 spiro atoms. The summed E-state index contributed by atoms with van der Waals surface area (Å²) in [5, 5.41) is 12.1. The van der Waals surface area contributed by atoms with Crippen molar-refractivity contribution in [3.05, 3.63) is 16.1 Å². The molecule has 1 aromatic heterocycles. The summed E-state index contributed by atoms with van der Waals surface area (Å²) < 4.78 is 0. The first-order chi connectivity index (χ1) is 6.29. The highest BCUT2D eigenvalue weighted by Gasteiger charge is 2.24. The molecule has 1 saturated heterocycles. The van der Waals surface area contributed by atoms with E-state index in [0.717, 1.165) is 25.2 Å². The van der Waals surface area contributed by atoms with Gasteiger partial charge >= 0.3 is 5.97 Å². The fraction of sp³-hybridized carbons (Fsp3) is 0.500. The quantitative estimate of drug-likeness (QED) is 0.741. The van der Waals surface area contributed by atoms with Crippen LogP contribution >= 0.6 is 11.3 Å². The largest absolute Gasteiger partial charge is 0.477 e. The minimum absolute atomic E-state index is 0.289. The van der Waals surface area contributed by atoms with E-state index in [1.807, 2.05) is 0 Å². The smallest absolute Gasteiger partial charge is 0.347 e. The fourth-order valence-corrected chi connectivity index (χ4v) is 2.31. The predicted molar refractivity (Wildman–Crippen MR) is 49.3 cm³/mol. The molecule has 1 aromatic rings. The van der Waals surface area contributed by atoms with Gasteiger partial charge in [0.1, 0.15) is 4.88 Å². The van der Waals surface area contributed by atoms with Gasteiger partial charge in [0, 0.05) is 12.5 Å². The maximum Gasteiger partial charge on any atom is 0.347 e. The Balaban J connectivity index is 2.28. The average molecular weight is 198 g/mol. The van der Waals surface area contributed by atoms with Gasteiger partial charge in [0.15, 0.2) is 0 Å². The molecule has 1 aliphatic rings. The third kappa shape index (κ3) is 1.57. The molecule has 0 aromatic carbocycles. The Bertz CT molecular complexity index is 318. The maximum absolute atomic E-state index is 10.8. The van der Waals surface area contributed by atoms with E-state index in [1.165, 1.54) is 11.3 Å². The lowest BCUT2D eigenvalue weighted by molar-refractivity contribution is 0.0700. The molecular weight excluding hydrogens is 188 g/mol. The zero-order chi connectivity index (χ0) is 9.26. The molecule has 0 radical (unpaired) electrons. The number of aromatic carboxylic acids is 1. The number of thiazole rings is 1. The molecule has 4 nitrogen and oxygen atoms in total. The Morgan fingerprint density at radius 3 is 3.23 bits per heavy atom. The Morgan fingerprint density at radius 2 is 2.62 bits per heavy atom. The van der Waals surface area contributed by atoms with Crippen LogP contribution in [0.15, 0.2) is 5.51 Å². The Labute approximate surface area is 79.6 Å². The van der Waals surface area contributed by atoms with Crippen molar-refractivity contribution < 1.29 is 9.90 Å². The van der Waals surface area contributed by atoms with Crippen LogP contribution in [0.2, 0.25) is 0 Å². The van der Waals surface area contributed by atoms with Crippen molar-refractivity contribution in [1.82, 2.24) is 10.3 Å². The minimum Gasteiger partial charge on any atom is -0.477 e. The molecule has 1 unspecified atom stereocenters. The second kappa shape index (κ2) is 3.43. The number of carboxylic acid groups (broad SMARTS) is 1. The first-order valence-electron chi connectivity index (χ1n) is 4.16. The molecule has 0 aliphatic carbocycles. The first-order valence-corrected chi connectivity index (χ1v) is 5.04. The second-order valence-corrected chi connectivity index (χ2v) is 3.92. The Kier molecular flexibility index (Phi) is 2.28. The molecular formula is C8H10N2O2S. The van der Waals surface area contributed by atoms with E-state index in [4.69, 9.17) is 5.11 Å². The van der Waals surface area contributed by atoms with Crippen molar-refractivity contribution in [1.29, 1.82) is 0 Å². The second-order valence-electron chi connectivity index (χ2n) is 3.06. The molecule has 2 heterocycles. The van der Waals surface area contributed by atoms with Gasteiger partial charge in [-0.2, -0.15) is 0 Å². The lowest BCUT2D eigenvalue weighted by atomic mass is 10.0. The molecule has 0 bridgehead atoms. The van der Waals surface area contributed by atoms with E-state index in [1.54, 1.807) is 5.51 Å². The zero-order valence-electron chi connectivity index (χ0n) is 6.99. The summed E-state index contributed by atoms with van der Waals surface area (Å²) in [7, 11) is 0. The first kappa shape index (κ1) is 8.65. The zero-order valence-corrected chi connectivity index (χ0v) is 7.80. The van der Waals surface area contributed by atoms with E-state index in [0.29, 0.717) is 4.88 Å². The van der Waals surface area contributed by atoms with Gasteiger partial charge in [-0.05, 0) is 13.0 Å². The number of hydrogen-bond acceptors (Lipinski definition) is 4. The van der Waals surface area contributed by atoms with Gasteiger partial charge in [-0.15, -0.1) is 11.3 Å². The summed E-state index contributed by atoms with van der Waals surface area (Å²) in [6.07, 6.45) is 0.990. The third-order valence-electron chi connectivity index (χ3n) is 2.24. The van der Waals surface area contributed by atoms with Crippen LogP contribution in [0.25, 0.3) is 0 Å². The number of carboxylic acids is 1. The number of nitrogens with one attached hydrogen (secondary N) is 1. The van der Waals surface area contributed by atoms with E-state index in [2.05, 4.69) is 10.3 Å². The van der Waals surface area contributed by atoms with Crippen molar-refractivity contribution in [3.63, 3.8) is 0 Å². The van der Waals surface area contributed by atoms with Gasteiger partial charge in [-0.3, -0.25) is 0 Å². The monoisotopic (exact) mass is 198 g/mol. The Morgan fingerprint density at radius 1 is 1.77 bits per heavy atom. The Hall–Kier alpha value is -0.940. The summed E-state index contributed by atoms with van der Waals surface area (Å²) in [4.78, 5) is 15.3. The minimum atomic E-state index is -0.857. The van der Waals surface area contributed by atoms with Crippen molar-refractivity contribution >= 4 is 17.3 Å². The van der Waals surface area contributed by atoms with Crippen molar-refractivity contribution in [2.45, 2.75) is 12.3 Å². The van der Waals surface area contributed by atoms with Crippen molar-refractivity contribution in [2.75, 3.05) is 13.1 Å². The maximum atomic E-state index is 10.8. The highest BCUT2D eigenvalue weighted by atomic mass is 32.1. The van der Waals surface area contributed by atoms with Gasteiger partial charge < -0.3 is 10.4 Å². The summed E-state index contributed by atoms with van der Waals surface area (Å²) >= 11 is 1.21. The molecule has 0 amide bonds. The van der Waals surface area contributed by atoms with Crippen LogP contribution in [0.5, 0.6) is 0 Å². The molecule has 13 heavy (non-hydrogen) atoms. The molecule has 2 N–H and O–H groups in total. The van der Waals surface area contributed by atoms with E-state index < -0.39 is 5.97 Å². The number of carbonyl (C=O) groups is 1. The molecule has 1 aliphatic heterocycles. The standard InChI is InChI=1S/C8H10N2O2S/c11-8(12)7-6(10-4-13-7)5-1-2-9-3-5/h4-5,9H,1-3H2,(H,11,12). The van der Waals surface area contributed by atoms with Gasteiger partial charge in [0.25, 0.3) is 0 Å². The summed E-state index contributed by atoms with van der Waals surface area (Å²) in [6.45, 7) is 1.81. The average Bonchev–Trinajstić information content (AvgIpc) is 2.74. The van der Waals surface area contributed by atoms with E-state index in [9.17, 15) is 4.79 Å². The molecule has 2 rings (SSSR count).